The minimum absolute atomic E-state index is 0.176. The van der Waals surface area contributed by atoms with Crippen LogP contribution in [-0.2, 0) is 0 Å². The molecule has 0 radical (unpaired) electrons. The highest BCUT2D eigenvalue weighted by Crippen LogP contribution is 2.20. The van der Waals surface area contributed by atoms with Gasteiger partial charge in [0.05, 0.1) is 24.9 Å². The summed E-state index contributed by atoms with van der Waals surface area (Å²) >= 11 is 0. The predicted octanol–water partition coefficient (Wildman–Crippen LogP) is -0.317. The highest BCUT2D eigenvalue weighted by molar-refractivity contribution is 5.92. The second-order valence-electron chi connectivity index (χ2n) is 3.75. The lowest BCUT2D eigenvalue weighted by Crippen LogP contribution is -2.61. The smallest absolute Gasteiger partial charge is 0.274 e. The van der Waals surface area contributed by atoms with Crippen molar-refractivity contribution >= 4 is 5.91 Å². The minimum atomic E-state index is -0.738. The molecule has 2 heterocycles. The standard InChI is InChI=1S/C9H11N3O2/c1-9(14)5-12(6-9)8(13)7-4-10-2-3-11-7/h2-4,14H,5-6H2,1H3. The largest absolute Gasteiger partial charge is 0.386 e. The summed E-state index contributed by atoms with van der Waals surface area (Å²) in [5.74, 6) is -0.176. The van der Waals surface area contributed by atoms with Crippen LogP contribution >= 0.6 is 0 Å². The van der Waals surface area contributed by atoms with Gasteiger partial charge in [-0.2, -0.15) is 0 Å². The molecule has 1 aromatic heterocycles. The quantitative estimate of drug-likeness (QED) is 0.664. The maximum Gasteiger partial charge on any atom is 0.274 e. The molecule has 0 spiro atoms. The molecule has 1 aliphatic heterocycles. The Kier molecular flexibility index (Phi) is 1.96. The molecule has 0 aromatic carbocycles. The summed E-state index contributed by atoms with van der Waals surface area (Å²) in [6, 6.07) is 0. The number of nitrogens with zero attached hydrogens (tertiary/aromatic N) is 3. The van der Waals surface area contributed by atoms with Crippen molar-refractivity contribution in [3.05, 3.63) is 24.3 Å². The number of aromatic nitrogens is 2. The van der Waals surface area contributed by atoms with Gasteiger partial charge in [0.15, 0.2) is 0 Å². The molecular formula is C9H11N3O2. The third-order valence-electron chi connectivity index (χ3n) is 2.13. The van der Waals surface area contributed by atoms with Gasteiger partial charge >= 0.3 is 0 Å². The van der Waals surface area contributed by atoms with Crippen molar-refractivity contribution in [3.8, 4) is 0 Å². The number of aliphatic hydroxyl groups is 1. The maximum atomic E-state index is 11.6. The summed E-state index contributed by atoms with van der Waals surface area (Å²) < 4.78 is 0. The fourth-order valence-corrected chi connectivity index (χ4v) is 1.49. The summed E-state index contributed by atoms with van der Waals surface area (Å²) in [6.45, 7) is 2.43. The molecule has 74 valence electrons. The first kappa shape index (κ1) is 9.08. The van der Waals surface area contributed by atoms with Gasteiger partial charge < -0.3 is 10.0 Å². The van der Waals surface area contributed by atoms with E-state index in [4.69, 9.17) is 0 Å². The van der Waals surface area contributed by atoms with Crippen LogP contribution in [0.4, 0.5) is 0 Å². The molecule has 1 amide bonds. The Morgan fingerprint density at radius 1 is 1.57 bits per heavy atom. The van der Waals surface area contributed by atoms with Gasteiger partial charge in [0.1, 0.15) is 5.69 Å². The van der Waals surface area contributed by atoms with Crippen molar-refractivity contribution in [2.24, 2.45) is 0 Å². The molecule has 1 fully saturated rings. The van der Waals surface area contributed by atoms with Gasteiger partial charge in [0.25, 0.3) is 5.91 Å². The van der Waals surface area contributed by atoms with Gasteiger partial charge in [-0.1, -0.05) is 0 Å². The zero-order valence-corrected chi connectivity index (χ0v) is 7.84. The monoisotopic (exact) mass is 193 g/mol. The molecule has 5 nitrogen and oxygen atoms in total. The zero-order chi connectivity index (χ0) is 10.2. The van der Waals surface area contributed by atoms with Crippen LogP contribution < -0.4 is 0 Å². The molecular weight excluding hydrogens is 182 g/mol. The normalized spacial score (nSPS) is 18.9. The Bertz CT molecular complexity index is 342. The number of amides is 1. The van der Waals surface area contributed by atoms with Crippen molar-refractivity contribution in [3.63, 3.8) is 0 Å². The molecule has 2 rings (SSSR count). The Morgan fingerprint density at radius 2 is 2.29 bits per heavy atom. The van der Waals surface area contributed by atoms with E-state index in [1.807, 2.05) is 0 Å². The van der Waals surface area contributed by atoms with Crippen molar-refractivity contribution < 1.29 is 9.90 Å². The average Bonchev–Trinajstić information content (AvgIpc) is 2.14. The van der Waals surface area contributed by atoms with Gasteiger partial charge in [0.2, 0.25) is 0 Å². The average molecular weight is 193 g/mol. The molecule has 1 aromatic rings. The topological polar surface area (TPSA) is 66.3 Å². The number of hydrogen-bond donors (Lipinski definition) is 1. The van der Waals surface area contributed by atoms with Gasteiger partial charge in [0, 0.05) is 12.4 Å². The van der Waals surface area contributed by atoms with E-state index in [0.717, 1.165) is 0 Å². The van der Waals surface area contributed by atoms with Gasteiger partial charge in [-0.15, -0.1) is 0 Å². The lowest BCUT2D eigenvalue weighted by Gasteiger charge is -2.43. The summed E-state index contributed by atoms with van der Waals surface area (Å²) in [5.41, 5.74) is -0.416. The molecule has 0 aliphatic carbocycles. The van der Waals surface area contributed by atoms with E-state index < -0.39 is 5.60 Å². The van der Waals surface area contributed by atoms with Crippen molar-refractivity contribution in [2.45, 2.75) is 12.5 Å². The molecule has 0 bridgehead atoms. The van der Waals surface area contributed by atoms with Crippen LogP contribution in [0.3, 0.4) is 0 Å². The van der Waals surface area contributed by atoms with E-state index in [-0.39, 0.29) is 5.91 Å². The van der Waals surface area contributed by atoms with E-state index in [9.17, 15) is 9.90 Å². The number of hydrogen-bond acceptors (Lipinski definition) is 4. The first-order valence-electron chi connectivity index (χ1n) is 4.36. The van der Waals surface area contributed by atoms with E-state index >= 15 is 0 Å². The van der Waals surface area contributed by atoms with E-state index in [2.05, 4.69) is 9.97 Å². The number of carbonyl (C=O) groups excluding carboxylic acids is 1. The summed E-state index contributed by atoms with van der Waals surface area (Å²) in [6.07, 6.45) is 4.42. The van der Waals surface area contributed by atoms with Crippen LogP contribution in [0.5, 0.6) is 0 Å². The third kappa shape index (κ3) is 1.58. The molecule has 14 heavy (non-hydrogen) atoms. The zero-order valence-electron chi connectivity index (χ0n) is 7.84. The van der Waals surface area contributed by atoms with E-state index in [1.165, 1.54) is 18.6 Å². The lowest BCUT2D eigenvalue weighted by atomic mass is 9.97. The van der Waals surface area contributed by atoms with E-state index in [1.54, 1.807) is 11.8 Å². The van der Waals surface area contributed by atoms with E-state index in [0.29, 0.717) is 18.8 Å². The predicted molar refractivity (Wildman–Crippen MR) is 48.6 cm³/mol. The SMILES string of the molecule is CC1(O)CN(C(=O)c2cnccn2)C1. The lowest BCUT2D eigenvalue weighted by molar-refractivity contribution is -0.0670. The molecule has 5 heteroatoms. The number of rotatable bonds is 1. The highest BCUT2D eigenvalue weighted by Gasteiger charge is 2.39. The second-order valence-corrected chi connectivity index (χ2v) is 3.75. The Morgan fingerprint density at radius 3 is 2.79 bits per heavy atom. The number of carbonyl (C=O) groups is 1. The van der Waals surface area contributed by atoms with Gasteiger partial charge in [-0.3, -0.25) is 9.78 Å². The van der Waals surface area contributed by atoms with Crippen LogP contribution in [0.25, 0.3) is 0 Å². The van der Waals surface area contributed by atoms with Crippen LogP contribution in [0, 0.1) is 0 Å². The summed E-state index contributed by atoms with van der Waals surface area (Å²) in [5, 5.41) is 9.45. The Balaban J connectivity index is 2.05. The minimum Gasteiger partial charge on any atom is -0.386 e. The van der Waals surface area contributed by atoms with Crippen molar-refractivity contribution in [1.82, 2.24) is 14.9 Å². The Labute approximate surface area is 81.4 Å². The molecule has 0 saturated carbocycles. The van der Waals surface area contributed by atoms with Crippen LogP contribution in [0.2, 0.25) is 0 Å². The van der Waals surface area contributed by atoms with Crippen LogP contribution in [0.1, 0.15) is 17.4 Å². The molecule has 0 unspecified atom stereocenters. The van der Waals surface area contributed by atoms with Crippen molar-refractivity contribution in [1.29, 1.82) is 0 Å². The summed E-state index contributed by atoms with van der Waals surface area (Å²) in [7, 11) is 0. The highest BCUT2D eigenvalue weighted by atomic mass is 16.3. The van der Waals surface area contributed by atoms with Crippen LogP contribution in [-0.4, -0.2) is 44.6 Å². The fourth-order valence-electron chi connectivity index (χ4n) is 1.49. The molecule has 0 atom stereocenters. The van der Waals surface area contributed by atoms with Gasteiger partial charge in [-0.25, -0.2) is 4.98 Å². The first-order chi connectivity index (χ1) is 6.58. The molecule has 1 aliphatic rings. The second kappa shape index (κ2) is 3.02. The van der Waals surface area contributed by atoms with Gasteiger partial charge in [-0.05, 0) is 6.92 Å². The van der Waals surface area contributed by atoms with Crippen molar-refractivity contribution in [2.75, 3.05) is 13.1 Å². The number of likely N-dealkylation sites (tertiary alicyclic amines) is 1. The summed E-state index contributed by atoms with van der Waals surface area (Å²) in [4.78, 5) is 20.9. The molecule has 1 N–H and O–H groups in total. The maximum absolute atomic E-state index is 11.6. The fraction of sp³-hybridized carbons (Fsp3) is 0.444. The third-order valence-corrected chi connectivity index (χ3v) is 2.13. The Hall–Kier alpha value is -1.49. The first-order valence-corrected chi connectivity index (χ1v) is 4.36. The molecule has 1 saturated heterocycles. The number of β-amino-alcohol motifs (C(OH)–C–C–N with tert-alkyl or cyclic N) is 1. The van der Waals surface area contributed by atoms with Crippen LogP contribution in [0.15, 0.2) is 18.6 Å².